The van der Waals surface area contributed by atoms with Gasteiger partial charge in [0.25, 0.3) is 0 Å². The molecule has 1 saturated carbocycles. The molecular formula is C14H22N2O2. The summed E-state index contributed by atoms with van der Waals surface area (Å²) in [4.78, 5) is 12.1. The summed E-state index contributed by atoms with van der Waals surface area (Å²) in [5.74, 6) is -0.236. The van der Waals surface area contributed by atoms with Crippen molar-refractivity contribution in [2.75, 3.05) is 5.73 Å². The van der Waals surface area contributed by atoms with E-state index in [2.05, 4.69) is 0 Å². The van der Waals surface area contributed by atoms with Crippen molar-refractivity contribution in [2.45, 2.75) is 58.1 Å². The fraction of sp³-hybridized carbons (Fsp3) is 0.643. The van der Waals surface area contributed by atoms with Gasteiger partial charge in [-0.05, 0) is 38.7 Å². The predicted octanol–water partition coefficient (Wildman–Crippen LogP) is 2.97. The summed E-state index contributed by atoms with van der Waals surface area (Å²) in [7, 11) is 0. The number of aromatic nitrogens is 1. The first-order chi connectivity index (χ1) is 8.70. The quantitative estimate of drug-likeness (QED) is 0.662. The van der Waals surface area contributed by atoms with E-state index in [4.69, 9.17) is 10.5 Å². The van der Waals surface area contributed by atoms with Gasteiger partial charge in [-0.3, -0.25) is 0 Å². The van der Waals surface area contributed by atoms with Gasteiger partial charge in [-0.15, -0.1) is 0 Å². The molecular weight excluding hydrogens is 228 g/mol. The van der Waals surface area contributed by atoms with Crippen molar-refractivity contribution < 1.29 is 9.53 Å². The maximum Gasteiger partial charge on any atom is 0.355 e. The Morgan fingerprint density at radius 3 is 2.67 bits per heavy atom. The van der Waals surface area contributed by atoms with E-state index < -0.39 is 0 Å². The number of nitrogen functional groups attached to an aromatic ring is 1. The molecule has 1 aromatic heterocycles. The standard InChI is InChI=1S/C14H22N2O2/c1-2-16-10-11(15)9-13(16)14(17)18-12-7-5-3-4-6-8-12/h9-10,12H,2-8,15H2,1H3. The summed E-state index contributed by atoms with van der Waals surface area (Å²) in [6.07, 6.45) is 8.69. The van der Waals surface area contributed by atoms with Gasteiger partial charge < -0.3 is 15.0 Å². The summed E-state index contributed by atoms with van der Waals surface area (Å²) in [5.41, 5.74) is 6.91. The molecule has 1 aromatic rings. The minimum absolute atomic E-state index is 0.0847. The first kappa shape index (κ1) is 13.0. The van der Waals surface area contributed by atoms with E-state index in [0.29, 0.717) is 11.4 Å². The lowest BCUT2D eigenvalue weighted by Crippen LogP contribution is -2.19. The van der Waals surface area contributed by atoms with Gasteiger partial charge in [0.2, 0.25) is 0 Å². The largest absolute Gasteiger partial charge is 0.458 e. The molecule has 0 amide bonds. The van der Waals surface area contributed by atoms with Crippen LogP contribution in [0.1, 0.15) is 55.9 Å². The normalized spacial score (nSPS) is 17.4. The fourth-order valence-corrected chi connectivity index (χ4v) is 2.54. The zero-order valence-electron chi connectivity index (χ0n) is 11.0. The number of anilines is 1. The van der Waals surface area contributed by atoms with Gasteiger partial charge in [0.15, 0.2) is 0 Å². The zero-order valence-corrected chi connectivity index (χ0v) is 11.0. The van der Waals surface area contributed by atoms with Crippen molar-refractivity contribution in [1.82, 2.24) is 4.57 Å². The number of esters is 1. The molecule has 1 aliphatic carbocycles. The van der Waals surface area contributed by atoms with E-state index in [1.165, 1.54) is 12.8 Å². The second-order valence-corrected chi connectivity index (χ2v) is 4.96. The topological polar surface area (TPSA) is 57.2 Å². The average Bonchev–Trinajstić information content (AvgIpc) is 2.57. The first-order valence-electron chi connectivity index (χ1n) is 6.87. The van der Waals surface area contributed by atoms with E-state index in [0.717, 1.165) is 32.2 Å². The molecule has 2 N–H and O–H groups in total. The lowest BCUT2D eigenvalue weighted by Gasteiger charge is -2.15. The first-order valence-corrected chi connectivity index (χ1v) is 6.87. The molecule has 4 heteroatoms. The van der Waals surface area contributed by atoms with Gasteiger partial charge >= 0.3 is 5.97 Å². The van der Waals surface area contributed by atoms with Crippen LogP contribution in [0, 0.1) is 0 Å². The second-order valence-electron chi connectivity index (χ2n) is 4.96. The van der Waals surface area contributed by atoms with E-state index in [-0.39, 0.29) is 12.1 Å². The van der Waals surface area contributed by atoms with Gasteiger partial charge in [-0.25, -0.2) is 4.79 Å². The highest BCUT2D eigenvalue weighted by molar-refractivity contribution is 5.89. The summed E-state index contributed by atoms with van der Waals surface area (Å²) in [6, 6.07) is 1.70. The van der Waals surface area contributed by atoms with Crippen molar-refractivity contribution >= 4 is 11.7 Å². The molecule has 18 heavy (non-hydrogen) atoms. The molecule has 0 aliphatic heterocycles. The molecule has 0 aromatic carbocycles. The van der Waals surface area contributed by atoms with Crippen molar-refractivity contribution in [1.29, 1.82) is 0 Å². The number of carbonyl (C=O) groups excluding carboxylic acids is 1. The lowest BCUT2D eigenvalue weighted by molar-refractivity contribution is 0.0255. The smallest absolute Gasteiger partial charge is 0.355 e. The summed E-state index contributed by atoms with van der Waals surface area (Å²) >= 11 is 0. The maximum atomic E-state index is 12.1. The third-order valence-electron chi connectivity index (χ3n) is 3.54. The Labute approximate surface area is 108 Å². The van der Waals surface area contributed by atoms with Crippen LogP contribution in [0.25, 0.3) is 0 Å². The van der Waals surface area contributed by atoms with Gasteiger partial charge in [0, 0.05) is 12.7 Å². The molecule has 0 spiro atoms. The highest BCUT2D eigenvalue weighted by Crippen LogP contribution is 2.21. The molecule has 0 saturated heterocycles. The maximum absolute atomic E-state index is 12.1. The van der Waals surface area contributed by atoms with Gasteiger partial charge in [-0.2, -0.15) is 0 Å². The van der Waals surface area contributed by atoms with Crippen LogP contribution in [0.2, 0.25) is 0 Å². The number of nitrogens with two attached hydrogens (primary N) is 1. The number of hydrogen-bond donors (Lipinski definition) is 1. The molecule has 2 rings (SSSR count). The van der Waals surface area contributed by atoms with Crippen LogP contribution >= 0.6 is 0 Å². The number of nitrogens with zero attached hydrogens (tertiary/aromatic N) is 1. The lowest BCUT2D eigenvalue weighted by atomic mass is 10.1. The van der Waals surface area contributed by atoms with E-state index in [1.54, 1.807) is 12.3 Å². The molecule has 1 fully saturated rings. The zero-order chi connectivity index (χ0) is 13.0. The van der Waals surface area contributed by atoms with Gasteiger partial charge in [0.1, 0.15) is 11.8 Å². The third kappa shape index (κ3) is 3.06. The highest BCUT2D eigenvalue weighted by atomic mass is 16.5. The number of ether oxygens (including phenoxy) is 1. The molecule has 4 nitrogen and oxygen atoms in total. The molecule has 0 atom stereocenters. The number of aryl methyl sites for hydroxylation is 1. The number of carbonyl (C=O) groups is 1. The third-order valence-corrected chi connectivity index (χ3v) is 3.54. The molecule has 1 aliphatic rings. The Balaban J connectivity index is 2.01. The van der Waals surface area contributed by atoms with Crippen LogP contribution < -0.4 is 5.73 Å². The summed E-state index contributed by atoms with van der Waals surface area (Å²) < 4.78 is 7.44. The van der Waals surface area contributed by atoms with Crippen molar-refractivity contribution in [3.8, 4) is 0 Å². The van der Waals surface area contributed by atoms with Crippen LogP contribution in [0.5, 0.6) is 0 Å². The second kappa shape index (κ2) is 5.94. The van der Waals surface area contributed by atoms with Crippen LogP contribution in [0.4, 0.5) is 5.69 Å². The van der Waals surface area contributed by atoms with Crippen LogP contribution in [-0.2, 0) is 11.3 Å². The minimum atomic E-state index is -0.236. The number of hydrogen-bond acceptors (Lipinski definition) is 3. The van der Waals surface area contributed by atoms with Crippen molar-refractivity contribution in [3.05, 3.63) is 18.0 Å². The fourth-order valence-electron chi connectivity index (χ4n) is 2.54. The average molecular weight is 250 g/mol. The summed E-state index contributed by atoms with van der Waals surface area (Å²) in [5, 5.41) is 0. The Kier molecular flexibility index (Phi) is 4.28. The van der Waals surface area contributed by atoms with Crippen LogP contribution in [-0.4, -0.2) is 16.6 Å². The van der Waals surface area contributed by atoms with Crippen molar-refractivity contribution in [2.24, 2.45) is 0 Å². The Bertz CT molecular complexity index is 404. The van der Waals surface area contributed by atoms with Crippen molar-refractivity contribution in [3.63, 3.8) is 0 Å². The molecule has 0 radical (unpaired) electrons. The predicted molar refractivity (Wildman–Crippen MR) is 71.4 cm³/mol. The SMILES string of the molecule is CCn1cc(N)cc1C(=O)OC1CCCCCC1. The van der Waals surface area contributed by atoms with Crippen LogP contribution in [0.15, 0.2) is 12.3 Å². The summed E-state index contributed by atoms with van der Waals surface area (Å²) in [6.45, 7) is 2.72. The molecule has 0 bridgehead atoms. The Morgan fingerprint density at radius 2 is 2.06 bits per heavy atom. The van der Waals surface area contributed by atoms with E-state index in [9.17, 15) is 4.79 Å². The number of rotatable bonds is 3. The van der Waals surface area contributed by atoms with Crippen LogP contribution in [0.3, 0.4) is 0 Å². The van der Waals surface area contributed by atoms with E-state index in [1.807, 2.05) is 11.5 Å². The molecule has 1 heterocycles. The monoisotopic (exact) mass is 250 g/mol. The Hall–Kier alpha value is -1.45. The van der Waals surface area contributed by atoms with E-state index >= 15 is 0 Å². The Morgan fingerprint density at radius 1 is 1.39 bits per heavy atom. The van der Waals surface area contributed by atoms with Gasteiger partial charge in [-0.1, -0.05) is 12.8 Å². The molecule has 0 unspecified atom stereocenters. The minimum Gasteiger partial charge on any atom is -0.458 e. The highest BCUT2D eigenvalue weighted by Gasteiger charge is 2.20. The molecule has 100 valence electrons. The van der Waals surface area contributed by atoms with Gasteiger partial charge in [0.05, 0.1) is 5.69 Å².